The van der Waals surface area contributed by atoms with E-state index in [1.165, 1.54) is 75.8 Å². The van der Waals surface area contributed by atoms with E-state index in [-0.39, 0.29) is 0 Å². The monoisotopic (exact) mass is 552 g/mol. The molecule has 0 nitrogen and oxygen atoms in total. The van der Waals surface area contributed by atoms with Crippen LogP contribution < -0.4 is 0 Å². The predicted octanol–water partition coefficient (Wildman–Crippen LogP) is 13.9. The van der Waals surface area contributed by atoms with Crippen LogP contribution in [0.4, 0.5) is 0 Å². The predicted molar refractivity (Wildman–Crippen MR) is 195 cm³/mol. The molecule has 0 bridgehead atoms. The Balaban J connectivity index is 0.000000187. The van der Waals surface area contributed by atoms with E-state index in [4.69, 9.17) is 0 Å². The van der Waals surface area contributed by atoms with Crippen molar-refractivity contribution in [2.75, 3.05) is 0 Å². The number of benzene rings is 8. The van der Waals surface area contributed by atoms with Crippen molar-refractivity contribution in [2.45, 2.75) is 69.2 Å². The van der Waals surface area contributed by atoms with Crippen molar-refractivity contribution in [1.29, 1.82) is 0 Å². The highest BCUT2D eigenvalue weighted by Crippen LogP contribution is 2.36. The number of hydrogen-bond acceptors (Lipinski definition) is 0. The lowest BCUT2D eigenvalue weighted by molar-refractivity contribution is 1.50. The Morgan fingerprint density at radius 1 is 0.310 bits per heavy atom. The van der Waals surface area contributed by atoms with Crippen molar-refractivity contribution in [3.8, 4) is 0 Å². The van der Waals surface area contributed by atoms with Gasteiger partial charge in [-0.15, -0.1) is 0 Å². The molecule has 0 unspecified atom stereocenters. The van der Waals surface area contributed by atoms with E-state index in [0.29, 0.717) is 0 Å². The molecule has 0 N–H and O–H groups in total. The van der Waals surface area contributed by atoms with E-state index < -0.39 is 0 Å². The first-order valence-electron chi connectivity index (χ1n) is 15.9. The summed E-state index contributed by atoms with van der Waals surface area (Å²) in [6.45, 7) is 20.3. The van der Waals surface area contributed by atoms with E-state index in [1.54, 1.807) is 0 Å². The van der Waals surface area contributed by atoms with Gasteiger partial charge in [0.1, 0.15) is 0 Å². The van der Waals surface area contributed by atoms with Gasteiger partial charge in [-0.3, -0.25) is 0 Å². The number of aryl methyl sites for hydroxylation is 2. The van der Waals surface area contributed by atoms with Gasteiger partial charge in [0, 0.05) is 0 Å². The number of hydrogen-bond donors (Lipinski definition) is 0. The summed E-state index contributed by atoms with van der Waals surface area (Å²) in [6, 6.07) is 39.9. The Kier molecular flexibility index (Phi) is 11.7. The van der Waals surface area contributed by atoms with Gasteiger partial charge in [0.2, 0.25) is 0 Å². The van der Waals surface area contributed by atoms with E-state index in [9.17, 15) is 0 Å². The molecule has 0 fully saturated rings. The van der Waals surface area contributed by atoms with Gasteiger partial charge in [-0.1, -0.05) is 165 Å². The Bertz CT molecular complexity index is 1890. The van der Waals surface area contributed by atoms with Crippen LogP contribution in [-0.4, -0.2) is 0 Å². The summed E-state index contributed by atoms with van der Waals surface area (Å²) in [6.07, 6.45) is 0. The van der Waals surface area contributed by atoms with Crippen molar-refractivity contribution in [3.63, 3.8) is 0 Å². The molecule has 216 valence electrons. The van der Waals surface area contributed by atoms with Crippen LogP contribution in [0.25, 0.3) is 64.6 Å². The quantitative estimate of drug-likeness (QED) is 0.164. The third kappa shape index (κ3) is 6.04. The maximum absolute atomic E-state index is 2.27. The molecule has 0 heterocycles. The first-order valence-corrected chi connectivity index (χ1v) is 15.9. The molecule has 0 spiro atoms. The lowest BCUT2D eigenvalue weighted by Crippen LogP contribution is -1.85. The van der Waals surface area contributed by atoms with Gasteiger partial charge in [0.15, 0.2) is 0 Å². The van der Waals surface area contributed by atoms with Crippen molar-refractivity contribution in [3.05, 3.63) is 120 Å². The van der Waals surface area contributed by atoms with Crippen molar-refractivity contribution >= 4 is 64.6 Å². The Hall–Kier alpha value is -4.16. The highest BCUT2D eigenvalue weighted by molar-refractivity contribution is 6.24. The van der Waals surface area contributed by atoms with Crippen LogP contribution in [0.1, 0.15) is 66.5 Å². The average Bonchev–Trinajstić information content (AvgIpc) is 3.07. The first kappa shape index (κ1) is 32.4. The molecule has 0 radical (unpaired) electrons. The molecule has 42 heavy (non-hydrogen) atoms. The molecule has 0 aliphatic carbocycles. The van der Waals surface area contributed by atoms with Crippen LogP contribution >= 0.6 is 0 Å². The summed E-state index contributed by atoms with van der Waals surface area (Å²) in [5, 5.41) is 16.4. The van der Waals surface area contributed by atoms with Crippen LogP contribution in [0, 0.1) is 13.8 Å². The summed E-state index contributed by atoms with van der Waals surface area (Å²) in [5.41, 5.74) is 2.69. The average molecular weight is 553 g/mol. The van der Waals surface area contributed by atoms with E-state index >= 15 is 0 Å². The van der Waals surface area contributed by atoms with Gasteiger partial charge in [-0.25, -0.2) is 0 Å². The molecular formula is C42H48. The molecule has 0 aliphatic heterocycles. The van der Waals surface area contributed by atoms with Gasteiger partial charge < -0.3 is 0 Å². The maximum Gasteiger partial charge on any atom is -0.00241 e. The Morgan fingerprint density at radius 2 is 0.619 bits per heavy atom. The van der Waals surface area contributed by atoms with Gasteiger partial charge in [-0.2, -0.15) is 0 Å². The molecule has 8 aromatic rings. The minimum Gasteiger partial charge on any atom is -0.0683 e. The second-order valence-electron chi connectivity index (χ2n) is 9.54. The molecule has 0 aromatic heterocycles. The van der Waals surface area contributed by atoms with Gasteiger partial charge >= 0.3 is 0 Å². The molecule has 8 rings (SSSR count). The molecule has 0 saturated heterocycles. The summed E-state index contributed by atoms with van der Waals surface area (Å²) in [4.78, 5) is 0. The second kappa shape index (κ2) is 15.2. The zero-order valence-electron chi connectivity index (χ0n) is 27.4. The summed E-state index contributed by atoms with van der Waals surface area (Å²) in [5.74, 6) is 0. The molecular weight excluding hydrogens is 504 g/mol. The van der Waals surface area contributed by atoms with Gasteiger partial charge in [-0.05, 0) is 89.6 Å². The fourth-order valence-electron chi connectivity index (χ4n) is 5.79. The zero-order chi connectivity index (χ0) is 30.8. The fraction of sp³-hybridized carbons (Fsp3) is 0.238. The summed E-state index contributed by atoms with van der Waals surface area (Å²) in [7, 11) is 0. The smallest absolute Gasteiger partial charge is 0.00241 e. The SMILES string of the molecule is CC.CC.CC.CC.Cc1cc2ccc3cccc4ccc(c1)c2c34.Cc1ccc2ccc3cccc4ccc1c2c34. The minimum absolute atomic E-state index is 1.33. The highest BCUT2D eigenvalue weighted by atomic mass is 14.1. The maximum atomic E-state index is 2.27. The second-order valence-corrected chi connectivity index (χ2v) is 9.54. The van der Waals surface area contributed by atoms with Crippen LogP contribution in [0.5, 0.6) is 0 Å². The van der Waals surface area contributed by atoms with Crippen molar-refractivity contribution in [2.24, 2.45) is 0 Å². The highest BCUT2D eigenvalue weighted by Gasteiger charge is 2.09. The topological polar surface area (TPSA) is 0 Å². The van der Waals surface area contributed by atoms with Crippen molar-refractivity contribution in [1.82, 2.24) is 0 Å². The van der Waals surface area contributed by atoms with E-state index in [0.717, 1.165) is 0 Å². The van der Waals surface area contributed by atoms with Crippen LogP contribution in [0.15, 0.2) is 109 Å². The third-order valence-electron chi connectivity index (χ3n) is 7.35. The van der Waals surface area contributed by atoms with E-state index in [1.807, 2.05) is 55.4 Å². The fourth-order valence-corrected chi connectivity index (χ4v) is 5.79. The van der Waals surface area contributed by atoms with Crippen LogP contribution in [0.3, 0.4) is 0 Å². The first-order chi connectivity index (χ1) is 20.7. The largest absolute Gasteiger partial charge is 0.0683 e. The normalized spacial score (nSPS) is 10.1. The standard InChI is InChI=1S/2C17H12.4C2H6/c1-11-9-14-7-5-12-3-2-4-13-6-8-15(10-11)17(14)16(12)13;1-11-5-6-14-8-7-12-3-2-4-13-9-10-15(11)17(14)16(12)13;4*1-2/h2*2-10H,1H3;4*1-2H3. The molecule has 0 amide bonds. The summed E-state index contributed by atoms with van der Waals surface area (Å²) >= 11 is 0. The number of rotatable bonds is 0. The van der Waals surface area contributed by atoms with Crippen LogP contribution in [0.2, 0.25) is 0 Å². The molecule has 0 aliphatic rings. The molecule has 0 heteroatoms. The molecule has 8 aromatic carbocycles. The molecule has 0 saturated carbocycles. The Morgan fingerprint density at radius 3 is 1.07 bits per heavy atom. The van der Waals surface area contributed by atoms with E-state index in [2.05, 4.69) is 123 Å². The lowest BCUT2D eigenvalue weighted by atomic mass is 9.92. The zero-order valence-corrected chi connectivity index (χ0v) is 27.4. The van der Waals surface area contributed by atoms with Gasteiger partial charge in [0.05, 0.1) is 0 Å². The third-order valence-corrected chi connectivity index (χ3v) is 7.35. The lowest BCUT2D eigenvalue weighted by Gasteiger charge is -2.11. The summed E-state index contributed by atoms with van der Waals surface area (Å²) < 4.78 is 0. The Labute approximate surface area is 253 Å². The van der Waals surface area contributed by atoms with Crippen molar-refractivity contribution < 1.29 is 0 Å². The van der Waals surface area contributed by atoms with Gasteiger partial charge in [0.25, 0.3) is 0 Å². The molecule has 0 atom stereocenters. The van der Waals surface area contributed by atoms with Crippen LogP contribution in [-0.2, 0) is 0 Å². The minimum atomic E-state index is 1.33.